The molecule has 120 valence electrons. The van der Waals surface area contributed by atoms with Crippen molar-refractivity contribution in [3.05, 3.63) is 12.4 Å². The smallest absolute Gasteiger partial charge is 0.325 e. The van der Waals surface area contributed by atoms with Crippen LogP contribution in [0.2, 0.25) is 0 Å². The van der Waals surface area contributed by atoms with E-state index in [4.69, 9.17) is 9.84 Å². The van der Waals surface area contributed by atoms with Crippen molar-refractivity contribution in [3.8, 4) is 0 Å². The minimum absolute atomic E-state index is 0.0497. The molecule has 9 heteroatoms. The van der Waals surface area contributed by atoms with Gasteiger partial charge in [-0.3, -0.25) is 9.48 Å². The maximum Gasteiger partial charge on any atom is 0.325 e. The van der Waals surface area contributed by atoms with Gasteiger partial charge in [-0.05, 0) is 11.8 Å². The monoisotopic (exact) mass is 319 g/mol. The molecule has 21 heavy (non-hydrogen) atoms. The Morgan fingerprint density at radius 1 is 1.52 bits per heavy atom. The van der Waals surface area contributed by atoms with Crippen molar-refractivity contribution in [1.82, 2.24) is 14.5 Å². The third kappa shape index (κ3) is 5.82. The van der Waals surface area contributed by atoms with E-state index in [1.165, 1.54) is 6.20 Å². The first-order valence-corrected chi connectivity index (χ1v) is 7.87. The number of sulfonamides is 1. The lowest BCUT2D eigenvalue weighted by atomic mass is 9.90. The summed E-state index contributed by atoms with van der Waals surface area (Å²) < 4.78 is 32.8. The molecule has 0 aliphatic carbocycles. The SMILES string of the molecule is COCCC(C)(C)CNS(=O)(=O)c1cnn(CC(=O)O)c1. The van der Waals surface area contributed by atoms with Gasteiger partial charge in [0.2, 0.25) is 10.0 Å². The number of aromatic nitrogens is 2. The van der Waals surface area contributed by atoms with Crippen molar-refractivity contribution in [3.63, 3.8) is 0 Å². The molecule has 8 nitrogen and oxygen atoms in total. The molecule has 1 aromatic rings. The number of carboxylic acid groups (broad SMARTS) is 1. The van der Waals surface area contributed by atoms with Gasteiger partial charge >= 0.3 is 5.97 Å². The normalized spacial score (nSPS) is 12.5. The zero-order chi connectivity index (χ0) is 16.1. The van der Waals surface area contributed by atoms with Crippen LogP contribution in [0.5, 0.6) is 0 Å². The average molecular weight is 319 g/mol. The highest BCUT2D eigenvalue weighted by atomic mass is 32.2. The van der Waals surface area contributed by atoms with Crippen LogP contribution in [0, 0.1) is 5.41 Å². The molecule has 0 saturated carbocycles. The number of hydrogen-bond donors (Lipinski definition) is 2. The molecule has 1 rings (SSSR count). The van der Waals surface area contributed by atoms with E-state index in [9.17, 15) is 13.2 Å². The molecule has 0 aliphatic heterocycles. The zero-order valence-corrected chi connectivity index (χ0v) is 13.2. The Morgan fingerprint density at radius 2 is 2.19 bits per heavy atom. The van der Waals surface area contributed by atoms with Crippen LogP contribution in [0.15, 0.2) is 17.3 Å². The maximum absolute atomic E-state index is 12.1. The summed E-state index contributed by atoms with van der Waals surface area (Å²) in [5, 5.41) is 12.3. The first-order valence-electron chi connectivity index (χ1n) is 6.39. The van der Waals surface area contributed by atoms with E-state index >= 15 is 0 Å². The Labute approximate surface area is 124 Å². The number of nitrogens with one attached hydrogen (secondary N) is 1. The zero-order valence-electron chi connectivity index (χ0n) is 12.4. The van der Waals surface area contributed by atoms with Gasteiger partial charge in [0.1, 0.15) is 11.4 Å². The molecular weight excluding hydrogens is 298 g/mol. The third-order valence-corrected chi connectivity index (χ3v) is 4.30. The predicted octanol–water partition coefficient (Wildman–Crippen LogP) is 0.309. The van der Waals surface area contributed by atoms with E-state index in [-0.39, 0.29) is 23.4 Å². The Hall–Kier alpha value is -1.45. The molecule has 0 aromatic carbocycles. The molecule has 0 aliphatic rings. The third-order valence-electron chi connectivity index (χ3n) is 2.94. The van der Waals surface area contributed by atoms with Gasteiger partial charge in [0.15, 0.2) is 0 Å². The van der Waals surface area contributed by atoms with Crippen LogP contribution < -0.4 is 4.72 Å². The van der Waals surface area contributed by atoms with Crippen LogP contribution in [0.3, 0.4) is 0 Å². The van der Waals surface area contributed by atoms with Crippen molar-refractivity contribution in [1.29, 1.82) is 0 Å². The number of ether oxygens (including phenoxy) is 1. The average Bonchev–Trinajstić information content (AvgIpc) is 2.83. The van der Waals surface area contributed by atoms with Crippen LogP contribution >= 0.6 is 0 Å². The van der Waals surface area contributed by atoms with E-state index in [0.717, 1.165) is 10.9 Å². The Morgan fingerprint density at radius 3 is 2.76 bits per heavy atom. The lowest BCUT2D eigenvalue weighted by Gasteiger charge is -2.24. The van der Waals surface area contributed by atoms with Crippen molar-refractivity contribution >= 4 is 16.0 Å². The standard InChI is InChI=1S/C12H21N3O5S/c1-12(2,4-5-20-3)9-14-21(18,19)10-6-13-15(7-10)8-11(16)17/h6-7,14H,4-5,8-9H2,1-3H3,(H,16,17). The highest BCUT2D eigenvalue weighted by Crippen LogP contribution is 2.20. The summed E-state index contributed by atoms with van der Waals surface area (Å²) >= 11 is 0. The Kier molecular flexibility index (Phi) is 5.87. The summed E-state index contributed by atoms with van der Waals surface area (Å²) in [5.41, 5.74) is -0.250. The van der Waals surface area contributed by atoms with Crippen LogP contribution in [-0.2, 0) is 26.1 Å². The van der Waals surface area contributed by atoms with Crippen LogP contribution in [0.25, 0.3) is 0 Å². The van der Waals surface area contributed by atoms with E-state index in [2.05, 4.69) is 9.82 Å². The number of carbonyl (C=O) groups is 1. The summed E-state index contributed by atoms with van der Waals surface area (Å²) in [4.78, 5) is 10.5. The molecule has 0 atom stereocenters. The molecule has 0 fully saturated rings. The van der Waals surface area contributed by atoms with Crippen molar-refractivity contribution in [2.24, 2.45) is 5.41 Å². The molecular formula is C12H21N3O5S. The second kappa shape index (κ2) is 7.01. The van der Waals surface area contributed by atoms with Crippen molar-refractivity contribution in [2.75, 3.05) is 20.3 Å². The molecule has 1 heterocycles. The Bertz CT molecular complexity index is 579. The van der Waals surface area contributed by atoms with E-state index in [1.807, 2.05) is 13.8 Å². The van der Waals surface area contributed by atoms with Gasteiger partial charge in [-0.15, -0.1) is 0 Å². The molecule has 1 aromatic heterocycles. The van der Waals surface area contributed by atoms with Crippen molar-refractivity contribution in [2.45, 2.75) is 31.7 Å². The van der Waals surface area contributed by atoms with Gasteiger partial charge in [-0.25, -0.2) is 13.1 Å². The maximum atomic E-state index is 12.1. The van der Waals surface area contributed by atoms with E-state index < -0.39 is 16.0 Å². The largest absolute Gasteiger partial charge is 0.480 e. The number of aliphatic carboxylic acids is 1. The van der Waals surface area contributed by atoms with Crippen molar-refractivity contribution < 1.29 is 23.1 Å². The number of rotatable bonds is 9. The van der Waals surface area contributed by atoms with Gasteiger partial charge in [-0.1, -0.05) is 13.8 Å². The highest BCUT2D eigenvalue weighted by Gasteiger charge is 2.23. The minimum Gasteiger partial charge on any atom is -0.480 e. The molecule has 0 amide bonds. The molecule has 0 radical (unpaired) electrons. The number of hydrogen-bond acceptors (Lipinski definition) is 5. The fourth-order valence-corrected chi connectivity index (χ4v) is 2.74. The Balaban J connectivity index is 2.69. The molecule has 0 bridgehead atoms. The summed E-state index contributed by atoms with van der Waals surface area (Å²) in [6, 6.07) is 0. The second-order valence-corrected chi connectivity index (χ2v) is 7.27. The topological polar surface area (TPSA) is 111 Å². The summed E-state index contributed by atoms with van der Waals surface area (Å²) in [7, 11) is -2.11. The number of nitrogens with zero attached hydrogens (tertiary/aromatic N) is 2. The summed E-state index contributed by atoms with van der Waals surface area (Å²) in [5.74, 6) is -1.09. The van der Waals surface area contributed by atoms with Crippen LogP contribution in [0.4, 0.5) is 0 Å². The minimum atomic E-state index is -3.70. The van der Waals surface area contributed by atoms with E-state index in [0.29, 0.717) is 13.0 Å². The molecule has 0 unspecified atom stereocenters. The number of methoxy groups -OCH3 is 1. The predicted molar refractivity (Wildman–Crippen MR) is 75.3 cm³/mol. The van der Waals surface area contributed by atoms with Gasteiger partial charge < -0.3 is 9.84 Å². The number of carboxylic acids is 1. The fraction of sp³-hybridized carbons (Fsp3) is 0.667. The van der Waals surface area contributed by atoms with Gasteiger partial charge in [0.25, 0.3) is 0 Å². The summed E-state index contributed by atoms with van der Waals surface area (Å²) in [6.07, 6.45) is 3.04. The first kappa shape index (κ1) is 17.6. The summed E-state index contributed by atoms with van der Waals surface area (Å²) in [6.45, 7) is 4.29. The van der Waals surface area contributed by atoms with Gasteiger partial charge in [-0.2, -0.15) is 5.10 Å². The molecule has 2 N–H and O–H groups in total. The lowest BCUT2D eigenvalue weighted by Crippen LogP contribution is -2.34. The van der Waals surface area contributed by atoms with Crippen LogP contribution in [0.1, 0.15) is 20.3 Å². The van der Waals surface area contributed by atoms with Crippen LogP contribution in [-0.4, -0.2) is 49.5 Å². The van der Waals surface area contributed by atoms with E-state index in [1.54, 1.807) is 7.11 Å². The van der Waals surface area contributed by atoms with Gasteiger partial charge in [0.05, 0.1) is 6.20 Å². The molecule has 0 spiro atoms. The first-order chi connectivity index (χ1) is 9.66. The second-order valence-electron chi connectivity index (χ2n) is 5.50. The fourth-order valence-electron chi connectivity index (χ4n) is 1.55. The highest BCUT2D eigenvalue weighted by molar-refractivity contribution is 7.89. The molecule has 0 saturated heterocycles. The quantitative estimate of drug-likeness (QED) is 0.677. The lowest BCUT2D eigenvalue weighted by molar-refractivity contribution is -0.137. The van der Waals surface area contributed by atoms with Gasteiger partial charge in [0, 0.05) is 26.5 Å².